The number of rotatable bonds is 3. The number of H-pyrrole nitrogens is 1. The van der Waals surface area contributed by atoms with E-state index in [0.29, 0.717) is 17.2 Å². The van der Waals surface area contributed by atoms with Gasteiger partial charge in [0, 0.05) is 9.86 Å². The van der Waals surface area contributed by atoms with Crippen LogP contribution in [0.2, 0.25) is 0 Å². The first-order valence-electron chi connectivity index (χ1n) is 6.46. The standard InChI is InChI=1S/C14H12BrN5O2/c1-7(17-19-14-16-13(21)8(2)18-20-14)12-6-9-5-10(15)3-4-11(9)22-12/h3-6H,1-2H3,(H2,16,19,20,21)/b17-7-. The molecule has 0 saturated carbocycles. The van der Waals surface area contributed by atoms with Gasteiger partial charge in [-0.25, -0.2) is 5.43 Å². The minimum Gasteiger partial charge on any atom is -0.455 e. The number of hydrazone groups is 1. The average molecular weight is 362 g/mol. The Kier molecular flexibility index (Phi) is 3.76. The van der Waals surface area contributed by atoms with Gasteiger partial charge in [0.1, 0.15) is 17.0 Å². The van der Waals surface area contributed by atoms with E-state index < -0.39 is 0 Å². The SMILES string of the molecule is C/C(=N/Nc1nnc(C)c(=O)[nH]1)c1cc2cc(Br)ccc2o1. The molecular weight excluding hydrogens is 350 g/mol. The Morgan fingerprint density at radius 2 is 2.18 bits per heavy atom. The maximum Gasteiger partial charge on any atom is 0.274 e. The number of halogens is 1. The van der Waals surface area contributed by atoms with Crippen LogP contribution in [0.3, 0.4) is 0 Å². The summed E-state index contributed by atoms with van der Waals surface area (Å²) in [6, 6.07) is 7.65. The molecule has 2 heterocycles. The highest BCUT2D eigenvalue weighted by Gasteiger charge is 2.07. The first-order valence-corrected chi connectivity index (χ1v) is 7.25. The van der Waals surface area contributed by atoms with Gasteiger partial charge in [-0.3, -0.25) is 9.78 Å². The number of benzene rings is 1. The summed E-state index contributed by atoms with van der Waals surface area (Å²) in [6.07, 6.45) is 0. The number of nitrogens with one attached hydrogen (secondary N) is 2. The van der Waals surface area contributed by atoms with E-state index >= 15 is 0 Å². The van der Waals surface area contributed by atoms with Crippen molar-refractivity contribution in [3.63, 3.8) is 0 Å². The van der Waals surface area contributed by atoms with E-state index in [-0.39, 0.29) is 11.5 Å². The van der Waals surface area contributed by atoms with E-state index in [2.05, 4.69) is 41.6 Å². The molecule has 112 valence electrons. The van der Waals surface area contributed by atoms with Crippen molar-refractivity contribution in [3.05, 3.63) is 50.5 Å². The lowest BCUT2D eigenvalue weighted by molar-refractivity contribution is 0.604. The zero-order valence-electron chi connectivity index (χ0n) is 11.8. The summed E-state index contributed by atoms with van der Waals surface area (Å²) in [6.45, 7) is 3.37. The van der Waals surface area contributed by atoms with E-state index in [1.807, 2.05) is 24.3 Å². The highest BCUT2D eigenvalue weighted by atomic mass is 79.9. The molecule has 3 rings (SSSR count). The summed E-state index contributed by atoms with van der Waals surface area (Å²) in [5, 5.41) is 12.6. The van der Waals surface area contributed by atoms with Crippen molar-refractivity contribution in [1.82, 2.24) is 15.2 Å². The van der Waals surface area contributed by atoms with Crippen molar-refractivity contribution in [3.8, 4) is 0 Å². The van der Waals surface area contributed by atoms with Crippen molar-refractivity contribution >= 4 is 38.6 Å². The minimum atomic E-state index is -0.307. The molecule has 2 aromatic heterocycles. The van der Waals surface area contributed by atoms with Gasteiger partial charge in [0.2, 0.25) is 5.95 Å². The van der Waals surface area contributed by atoms with Crippen LogP contribution in [-0.4, -0.2) is 20.9 Å². The molecule has 8 heteroatoms. The Labute approximate surface area is 133 Å². The summed E-state index contributed by atoms with van der Waals surface area (Å²) in [5.74, 6) is 0.803. The molecule has 0 aliphatic heterocycles. The fourth-order valence-corrected chi connectivity index (χ4v) is 2.21. The van der Waals surface area contributed by atoms with Crippen LogP contribution in [0.1, 0.15) is 18.4 Å². The third-order valence-corrected chi connectivity index (χ3v) is 3.52. The first-order chi connectivity index (χ1) is 10.5. The molecule has 0 amide bonds. The second-order valence-electron chi connectivity index (χ2n) is 4.69. The predicted molar refractivity (Wildman–Crippen MR) is 87.1 cm³/mol. The van der Waals surface area contributed by atoms with Crippen molar-refractivity contribution in [2.75, 3.05) is 5.43 Å². The van der Waals surface area contributed by atoms with E-state index in [9.17, 15) is 4.79 Å². The van der Waals surface area contributed by atoms with E-state index in [1.165, 1.54) is 0 Å². The van der Waals surface area contributed by atoms with Gasteiger partial charge in [0.15, 0.2) is 5.76 Å². The molecule has 22 heavy (non-hydrogen) atoms. The molecule has 0 aliphatic rings. The molecule has 0 bridgehead atoms. The predicted octanol–water partition coefficient (Wildman–Crippen LogP) is 2.82. The van der Waals surface area contributed by atoms with Gasteiger partial charge in [-0.15, -0.1) is 10.2 Å². The highest BCUT2D eigenvalue weighted by molar-refractivity contribution is 9.10. The maximum absolute atomic E-state index is 11.4. The summed E-state index contributed by atoms with van der Waals surface area (Å²) in [7, 11) is 0. The number of hydrogen-bond acceptors (Lipinski definition) is 6. The fourth-order valence-electron chi connectivity index (χ4n) is 1.83. The highest BCUT2D eigenvalue weighted by Crippen LogP contribution is 2.23. The second-order valence-corrected chi connectivity index (χ2v) is 5.61. The first kappa shape index (κ1) is 14.5. The molecule has 0 radical (unpaired) electrons. The number of aromatic amines is 1. The molecule has 3 aromatic rings. The zero-order valence-corrected chi connectivity index (χ0v) is 13.4. The normalized spacial score (nSPS) is 11.9. The molecule has 0 aliphatic carbocycles. The lowest BCUT2D eigenvalue weighted by Crippen LogP contribution is -2.15. The topological polar surface area (TPSA) is 96.2 Å². The van der Waals surface area contributed by atoms with Gasteiger partial charge < -0.3 is 4.42 Å². The Hall–Kier alpha value is -2.48. The molecule has 0 saturated heterocycles. The fraction of sp³-hybridized carbons (Fsp3) is 0.143. The van der Waals surface area contributed by atoms with Crippen LogP contribution in [0.25, 0.3) is 11.0 Å². The van der Waals surface area contributed by atoms with Crippen molar-refractivity contribution < 1.29 is 4.42 Å². The van der Waals surface area contributed by atoms with Gasteiger partial charge >= 0.3 is 0 Å². The molecule has 0 fully saturated rings. The number of aryl methyl sites for hydroxylation is 1. The number of aromatic nitrogens is 3. The Morgan fingerprint density at radius 1 is 1.36 bits per heavy atom. The number of nitrogens with zero attached hydrogens (tertiary/aromatic N) is 3. The molecular formula is C14H12BrN5O2. The molecule has 0 unspecified atom stereocenters. The van der Waals surface area contributed by atoms with Crippen LogP contribution < -0.4 is 11.0 Å². The summed E-state index contributed by atoms with van der Waals surface area (Å²) in [4.78, 5) is 14.0. The number of hydrogen-bond donors (Lipinski definition) is 2. The van der Waals surface area contributed by atoms with Crippen LogP contribution in [0, 0.1) is 6.92 Å². The van der Waals surface area contributed by atoms with E-state index in [0.717, 1.165) is 15.4 Å². The Balaban J connectivity index is 1.86. The van der Waals surface area contributed by atoms with Gasteiger partial charge in [0.05, 0.1) is 0 Å². The zero-order chi connectivity index (χ0) is 15.7. The van der Waals surface area contributed by atoms with Crippen molar-refractivity contribution in [2.24, 2.45) is 5.10 Å². The van der Waals surface area contributed by atoms with Gasteiger partial charge in [-0.05, 0) is 38.1 Å². The van der Waals surface area contributed by atoms with Crippen LogP contribution in [-0.2, 0) is 0 Å². The van der Waals surface area contributed by atoms with Crippen LogP contribution in [0.15, 0.2) is 43.1 Å². The van der Waals surface area contributed by atoms with Gasteiger partial charge in [0.25, 0.3) is 5.56 Å². The third kappa shape index (κ3) is 2.91. The van der Waals surface area contributed by atoms with Crippen LogP contribution in [0.5, 0.6) is 0 Å². The smallest absolute Gasteiger partial charge is 0.274 e. The largest absolute Gasteiger partial charge is 0.455 e. The van der Waals surface area contributed by atoms with Crippen LogP contribution >= 0.6 is 15.9 Å². The lowest BCUT2D eigenvalue weighted by atomic mass is 10.2. The van der Waals surface area contributed by atoms with Crippen molar-refractivity contribution in [2.45, 2.75) is 13.8 Å². The number of fused-ring (bicyclic) bond motifs is 1. The van der Waals surface area contributed by atoms with Gasteiger partial charge in [-0.1, -0.05) is 15.9 Å². The molecule has 1 aromatic carbocycles. The molecule has 0 spiro atoms. The monoisotopic (exact) mass is 361 g/mol. The summed E-state index contributed by atoms with van der Waals surface area (Å²) >= 11 is 3.42. The Bertz CT molecular complexity index is 928. The Morgan fingerprint density at radius 3 is 2.95 bits per heavy atom. The molecule has 2 N–H and O–H groups in total. The van der Waals surface area contributed by atoms with E-state index in [4.69, 9.17) is 4.42 Å². The third-order valence-electron chi connectivity index (χ3n) is 3.02. The second kappa shape index (κ2) is 5.72. The lowest BCUT2D eigenvalue weighted by Gasteiger charge is -1.99. The number of anilines is 1. The maximum atomic E-state index is 11.4. The molecule has 0 atom stereocenters. The average Bonchev–Trinajstić information content (AvgIpc) is 2.91. The molecule has 7 nitrogen and oxygen atoms in total. The quantitative estimate of drug-likeness (QED) is 0.552. The van der Waals surface area contributed by atoms with Crippen LogP contribution in [0.4, 0.5) is 5.95 Å². The minimum absolute atomic E-state index is 0.175. The summed E-state index contributed by atoms with van der Waals surface area (Å²) < 4.78 is 6.70. The number of furan rings is 1. The van der Waals surface area contributed by atoms with Crippen molar-refractivity contribution in [1.29, 1.82) is 0 Å². The van der Waals surface area contributed by atoms with Gasteiger partial charge in [-0.2, -0.15) is 5.10 Å². The summed E-state index contributed by atoms with van der Waals surface area (Å²) in [5.41, 5.74) is 4.04. The van der Waals surface area contributed by atoms with E-state index in [1.54, 1.807) is 13.8 Å².